The van der Waals surface area contributed by atoms with Crippen molar-refractivity contribution in [1.82, 2.24) is 0 Å². The van der Waals surface area contributed by atoms with Gasteiger partial charge in [0.05, 0.1) is 12.7 Å². The standard InChI is InChI=1S/C14H19FO2/c15-14-6-2-1-5-13(14)11(10-16)7-8-12-4-3-9-17-12/h1-2,5-6,11-12,16H,3-4,7-10H2. The number of hydrogen-bond donors (Lipinski definition) is 1. The Kier molecular flexibility index (Phi) is 4.51. The van der Waals surface area contributed by atoms with E-state index in [1.165, 1.54) is 6.07 Å². The number of hydrogen-bond acceptors (Lipinski definition) is 2. The topological polar surface area (TPSA) is 29.5 Å². The van der Waals surface area contributed by atoms with Gasteiger partial charge in [-0.15, -0.1) is 0 Å². The van der Waals surface area contributed by atoms with Crippen LogP contribution in [0.3, 0.4) is 0 Å². The zero-order valence-corrected chi connectivity index (χ0v) is 9.94. The lowest BCUT2D eigenvalue weighted by atomic mass is 9.93. The number of halogens is 1. The molecule has 94 valence electrons. The molecule has 1 aliphatic heterocycles. The van der Waals surface area contributed by atoms with E-state index in [4.69, 9.17) is 4.74 Å². The Labute approximate surface area is 101 Å². The maximum absolute atomic E-state index is 13.6. The van der Waals surface area contributed by atoms with Crippen LogP contribution < -0.4 is 0 Å². The van der Waals surface area contributed by atoms with E-state index < -0.39 is 0 Å². The molecule has 0 spiro atoms. The first-order chi connectivity index (χ1) is 8.31. The molecule has 0 bridgehead atoms. The van der Waals surface area contributed by atoms with Gasteiger partial charge in [-0.05, 0) is 37.3 Å². The van der Waals surface area contributed by atoms with E-state index in [0.29, 0.717) is 11.7 Å². The predicted molar refractivity (Wildman–Crippen MR) is 64.4 cm³/mol. The first kappa shape index (κ1) is 12.5. The summed E-state index contributed by atoms with van der Waals surface area (Å²) < 4.78 is 19.1. The largest absolute Gasteiger partial charge is 0.396 e. The van der Waals surface area contributed by atoms with Crippen LogP contribution in [0.15, 0.2) is 24.3 Å². The van der Waals surface area contributed by atoms with Crippen LogP contribution >= 0.6 is 0 Å². The van der Waals surface area contributed by atoms with Gasteiger partial charge in [0, 0.05) is 12.5 Å². The Bertz CT molecular complexity index is 348. The highest BCUT2D eigenvalue weighted by Gasteiger charge is 2.20. The summed E-state index contributed by atoms with van der Waals surface area (Å²) in [7, 11) is 0. The molecule has 1 aromatic carbocycles. The van der Waals surface area contributed by atoms with Gasteiger partial charge in [0.1, 0.15) is 5.82 Å². The molecule has 0 radical (unpaired) electrons. The molecule has 1 N–H and O–H groups in total. The van der Waals surface area contributed by atoms with Gasteiger partial charge in [-0.3, -0.25) is 0 Å². The summed E-state index contributed by atoms with van der Waals surface area (Å²) in [6.45, 7) is 0.835. The van der Waals surface area contributed by atoms with E-state index in [1.807, 2.05) is 6.07 Å². The fourth-order valence-electron chi connectivity index (χ4n) is 2.41. The number of aliphatic hydroxyl groups excluding tert-OH is 1. The maximum Gasteiger partial charge on any atom is 0.126 e. The molecule has 0 saturated carbocycles. The Morgan fingerprint density at radius 1 is 1.41 bits per heavy atom. The average molecular weight is 238 g/mol. The highest BCUT2D eigenvalue weighted by molar-refractivity contribution is 5.21. The smallest absolute Gasteiger partial charge is 0.126 e. The van der Waals surface area contributed by atoms with Crippen LogP contribution in [0, 0.1) is 5.82 Å². The Morgan fingerprint density at radius 3 is 2.88 bits per heavy atom. The van der Waals surface area contributed by atoms with Crippen LogP contribution in [0.25, 0.3) is 0 Å². The molecule has 1 heterocycles. The van der Waals surface area contributed by atoms with Gasteiger partial charge in [-0.2, -0.15) is 0 Å². The zero-order chi connectivity index (χ0) is 12.1. The van der Waals surface area contributed by atoms with Gasteiger partial charge in [-0.25, -0.2) is 4.39 Å². The van der Waals surface area contributed by atoms with Crippen molar-refractivity contribution in [1.29, 1.82) is 0 Å². The lowest BCUT2D eigenvalue weighted by Crippen LogP contribution is -2.11. The van der Waals surface area contributed by atoms with Crippen LogP contribution in [0.2, 0.25) is 0 Å². The summed E-state index contributed by atoms with van der Waals surface area (Å²) in [6, 6.07) is 6.69. The van der Waals surface area contributed by atoms with Gasteiger partial charge in [0.25, 0.3) is 0 Å². The fourth-order valence-corrected chi connectivity index (χ4v) is 2.41. The Balaban J connectivity index is 1.94. The number of aliphatic hydroxyl groups is 1. The molecule has 17 heavy (non-hydrogen) atoms. The third-order valence-electron chi connectivity index (χ3n) is 3.43. The minimum atomic E-state index is -0.223. The molecule has 2 atom stereocenters. The van der Waals surface area contributed by atoms with Crippen LogP contribution in [0.5, 0.6) is 0 Å². The second-order valence-electron chi connectivity index (χ2n) is 4.61. The lowest BCUT2D eigenvalue weighted by molar-refractivity contribution is 0.0979. The van der Waals surface area contributed by atoms with Gasteiger partial charge in [0.15, 0.2) is 0 Å². The summed E-state index contributed by atoms with van der Waals surface area (Å²) in [5, 5.41) is 9.37. The summed E-state index contributed by atoms with van der Waals surface area (Å²) in [6.07, 6.45) is 4.20. The first-order valence-corrected chi connectivity index (χ1v) is 6.28. The molecule has 3 heteroatoms. The van der Waals surface area contributed by atoms with Gasteiger partial charge in [-0.1, -0.05) is 18.2 Å². The molecular formula is C14H19FO2. The summed E-state index contributed by atoms with van der Waals surface area (Å²) in [5.41, 5.74) is 0.619. The molecule has 1 aromatic rings. The minimum Gasteiger partial charge on any atom is -0.396 e. The summed E-state index contributed by atoms with van der Waals surface area (Å²) >= 11 is 0. The van der Waals surface area contributed by atoms with E-state index in [-0.39, 0.29) is 18.3 Å². The normalized spacial score (nSPS) is 21.6. The summed E-state index contributed by atoms with van der Waals surface area (Å²) in [5.74, 6) is -0.334. The lowest BCUT2D eigenvalue weighted by Gasteiger charge is -2.17. The Hall–Kier alpha value is -0.930. The summed E-state index contributed by atoms with van der Waals surface area (Å²) in [4.78, 5) is 0. The second-order valence-corrected chi connectivity index (χ2v) is 4.61. The van der Waals surface area contributed by atoms with Gasteiger partial charge >= 0.3 is 0 Å². The fraction of sp³-hybridized carbons (Fsp3) is 0.571. The maximum atomic E-state index is 13.6. The number of rotatable bonds is 5. The molecule has 0 amide bonds. The van der Waals surface area contributed by atoms with Gasteiger partial charge in [0.2, 0.25) is 0 Å². The van der Waals surface area contributed by atoms with Crippen molar-refractivity contribution in [2.45, 2.75) is 37.7 Å². The van der Waals surface area contributed by atoms with E-state index in [2.05, 4.69) is 0 Å². The van der Waals surface area contributed by atoms with Crippen molar-refractivity contribution in [3.63, 3.8) is 0 Å². The van der Waals surface area contributed by atoms with E-state index in [9.17, 15) is 9.50 Å². The molecule has 2 nitrogen and oxygen atoms in total. The molecule has 1 aliphatic rings. The molecule has 0 aliphatic carbocycles. The van der Waals surface area contributed by atoms with Crippen LogP contribution in [0.4, 0.5) is 4.39 Å². The van der Waals surface area contributed by atoms with E-state index >= 15 is 0 Å². The molecule has 1 fully saturated rings. The predicted octanol–water partition coefficient (Wildman–Crippen LogP) is 2.86. The number of ether oxygens (including phenoxy) is 1. The van der Waals surface area contributed by atoms with Gasteiger partial charge < -0.3 is 9.84 Å². The van der Waals surface area contributed by atoms with Crippen LogP contribution in [-0.4, -0.2) is 24.4 Å². The monoisotopic (exact) mass is 238 g/mol. The Morgan fingerprint density at radius 2 is 2.24 bits per heavy atom. The third-order valence-corrected chi connectivity index (χ3v) is 3.43. The van der Waals surface area contributed by atoms with Crippen molar-refractivity contribution in [3.8, 4) is 0 Å². The number of benzene rings is 1. The van der Waals surface area contributed by atoms with Crippen molar-refractivity contribution >= 4 is 0 Å². The highest BCUT2D eigenvalue weighted by atomic mass is 19.1. The second kappa shape index (κ2) is 6.12. The SMILES string of the molecule is OCC(CCC1CCCO1)c1ccccc1F. The molecule has 1 saturated heterocycles. The molecule has 2 unspecified atom stereocenters. The van der Waals surface area contributed by atoms with E-state index in [1.54, 1.807) is 12.1 Å². The minimum absolute atomic E-state index is 0.00630. The van der Waals surface area contributed by atoms with Crippen LogP contribution in [-0.2, 0) is 4.74 Å². The van der Waals surface area contributed by atoms with E-state index in [0.717, 1.165) is 32.3 Å². The molecule has 2 rings (SSSR count). The van der Waals surface area contributed by atoms with Crippen molar-refractivity contribution in [3.05, 3.63) is 35.6 Å². The van der Waals surface area contributed by atoms with Crippen LogP contribution in [0.1, 0.15) is 37.2 Å². The third kappa shape index (κ3) is 3.27. The van der Waals surface area contributed by atoms with Crippen molar-refractivity contribution in [2.24, 2.45) is 0 Å². The average Bonchev–Trinajstić information content (AvgIpc) is 2.85. The molecule has 0 aromatic heterocycles. The zero-order valence-electron chi connectivity index (χ0n) is 9.94. The quantitative estimate of drug-likeness (QED) is 0.854. The first-order valence-electron chi connectivity index (χ1n) is 6.28. The van der Waals surface area contributed by atoms with Crippen molar-refractivity contribution in [2.75, 3.05) is 13.2 Å². The van der Waals surface area contributed by atoms with Crippen molar-refractivity contribution < 1.29 is 14.2 Å². The highest BCUT2D eigenvalue weighted by Crippen LogP contribution is 2.26. The molecular weight excluding hydrogens is 219 g/mol.